The van der Waals surface area contributed by atoms with Crippen LogP contribution in [0.2, 0.25) is 0 Å². The smallest absolute Gasteiger partial charge is 0.221 e. The van der Waals surface area contributed by atoms with Gasteiger partial charge in [0.2, 0.25) is 23.2 Å². The predicted octanol–water partition coefficient (Wildman–Crippen LogP) is 12.6. The van der Waals surface area contributed by atoms with Crippen molar-refractivity contribution in [3.05, 3.63) is 124 Å². The van der Waals surface area contributed by atoms with Gasteiger partial charge in [-0.1, -0.05) is 124 Å². The number of nitrogens with zero attached hydrogens (tertiary/aromatic N) is 2. The summed E-state index contributed by atoms with van der Waals surface area (Å²) < 4.78 is 2.25. The Labute approximate surface area is 384 Å². The second kappa shape index (κ2) is 23.4. The van der Waals surface area contributed by atoms with Crippen LogP contribution in [0.1, 0.15) is 162 Å². The monoisotopic (exact) mass is 867 g/mol. The van der Waals surface area contributed by atoms with Crippen molar-refractivity contribution in [2.45, 2.75) is 145 Å². The Hall–Kier alpha value is -5.50. The van der Waals surface area contributed by atoms with Gasteiger partial charge in [0.1, 0.15) is 0 Å². The van der Waals surface area contributed by atoms with Gasteiger partial charge < -0.3 is 20.6 Å². The van der Waals surface area contributed by atoms with Gasteiger partial charge in [-0.25, -0.2) is 0 Å². The van der Waals surface area contributed by atoms with Gasteiger partial charge in [0, 0.05) is 84.3 Å². The summed E-state index contributed by atoms with van der Waals surface area (Å²) in [5.74, 6) is 0.333. The number of amides is 2. The molecular weight excluding hydrogens is 793 g/mol. The van der Waals surface area contributed by atoms with Gasteiger partial charge in [0.15, 0.2) is 12.3 Å². The Morgan fingerprint density at radius 1 is 0.719 bits per heavy atom. The molecule has 0 spiro atoms. The molecule has 3 aromatic carbocycles. The summed E-state index contributed by atoms with van der Waals surface area (Å²) in [6, 6.07) is 23.2. The number of allylic oxidation sites excluding steroid dienone is 5. The van der Waals surface area contributed by atoms with Gasteiger partial charge >= 0.3 is 0 Å². The van der Waals surface area contributed by atoms with Gasteiger partial charge in [-0.3, -0.25) is 14.4 Å². The molecule has 0 fully saturated rings. The van der Waals surface area contributed by atoms with E-state index >= 15 is 0 Å². The zero-order chi connectivity index (χ0) is 46.5. The number of ketones is 1. The van der Waals surface area contributed by atoms with Crippen molar-refractivity contribution < 1.29 is 24.1 Å². The molecule has 3 aromatic rings. The zero-order valence-electron chi connectivity index (χ0n) is 40.4. The van der Waals surface area contributed by atoms with Crippen LogP contribution in [-0.4, -0.2) is 41.0 Å². The van der Waals surface area contributed by atoms with Gasteiger partial charge in [-0.15, -0.1) is 0 Å². The van der Waals surface area contributed by atoms with Crippen LogP contribution in [0.3, 0.4) is 0 Å². The molecule has 0 aromatic heterocycles. The minimum Gasteiger partial charge on any atom is -0.871 e. The first-order chi connectivity index (χ1) is 30.8. The third-order valence-corrected chi connectivity index (χ3v) is 13.3. The first-order valence-electron chi connectivity index (χ1n) is 24.2. The van der Waals surface area contributed by atoms with Crippen LogP contribution >= 0.6 is 0 Å². The lowest BCUT2D eigenvalue weighted by molar-refractivity contribution is -0.447. The van der Waals surface area contributed by atoms with Crippen molar-refractivity contribution in [1.29, 1.82) is 0 Å². The van der Waals surface area contributed by atoms with Crippen molar-refractivity contribution >= 4 is 51.6 Å². The molecule has 0 radical (unpaired) electrons. The summed E-state index contributed by atoms with van der Waals surface area (Å²) in [6.07, 6.45) is 16.7. The Kier molecular flexibility index (Phi) is 18.1. The SMILES string of the molecule is CCCCC(CC)CN(c1ccc(C(C)CC)cc1)c1ccc(C2=C([O-])C(=C3C=CC(=[N+](CC(C)CC)c4ccc(C(CC)CCCC)cc4)C=C3NC(C)=O)C2=O)c(NC(C)=O)c1. The summed E-state index contributed by atoms with van der Waals surface area (Å²) in [6.45, 7) is 22.2. The van der Waals surface area contributed by atoms with Crippen molar-refractivity contribution in [3.8, 4) is 0 Å². The third-order valence-electron chi connectivity index (χ3n) is 13.3. The maximum absolute atomic E-state index is 14.3. The van der Waals surface area contributed by atoms with Crippen LogP contribution in [0.25, 0.3) is 5.57 Å². The van der Waals surface area contributed by atoms with E-state index in [4.69, 9.17) is 0 Å². The fourth-order valence-electron chi connectivity index (χ4n) is 8.84. The average Bonchev–Trinajstić information content (AvgIpc) is 3.29. The number of nitrogens with one attached hydrogen (secondary N) is 2. The second-order valence-electron chi connectivity index (χ2n) is 18.1. The molecule has 4 atom stereocenters. The van der Waals surface area contributed by atoms with Crippen molar-refractivity contribution in [2.24, 2.45) is 11.8 Å². The predicted molar refractivity (Wildman–Crippen MR) is 264 cm³/mol. The Balaban J connectivity index is 1.59. The number of carbonyl (C=O) groups is 3. The third kappa shape index (κ3) is 12.0. The van der Waals surface area contributed by atoms with Gasteiger partial charge in [0.05, 0.1) is 11.4 Å². The molecule has 8 nitrogen and oxygen atoms in total. The molecule has 0 bridgehead atoms. The van der Waals surface area contributed by atoms with E-state index in [1.54, 1.807) is 12.1 Å². The molecule has 0 aliphatic heterocycles. The number of rotatable bonds is 22. The lowest BCUT2D eigenvalue weighted by atomic mass is 9.78. The quantitative estimate of drug-likeness (QED) is 0.0773. The molecule has 342 valence electrons. The van der Waals surface area contributed by atoms with Crippen molar-refractivity contribution in [1.82, 2.24) is 5.32 Å². The fraction of sp³-hybridized carbons (Fsp3) is 0.464. The summed E-state index contributed by atoms with van der Waals surface area (Å²) >= 11 is 0. The van der Waals surface area contributed by atoms with Crippen LogP contribution in [0, 0.1) is 11.8 Å². The summed E-state index contributed by atoms with van der Waals surface area (Å²) in [4.78, 5) is 42.1. The normalized spacial score (nSPS) is 17.6. The number of carbonyl (C=O) groups excluding carboxylic acids is 3. The van der Waals surface area contributed by atoms with E-state index in [-0.39, 0.29) is 23.0 Å². The van der Waals surface area contributed by atoms with Gasteiger partial charge in [0.25, 0.3) is 0 Å². The Bertz CT molecular complexity index is 2280. The molecule has 2 aliphatic carbocycles. The van der Waals surface area contributed by atoms with Crippen LogP contribution in [-0.2, 0) is 14.4 Å². The number of hydrogen-bond acceptors (Lipinski definition) is 5. The number of benzene rings is 3. The van der Waals surface area contributed by atoms with Crippen molar-refractivity contribution in [3.63, 3.8) is 0 Å². The molecule has 2 amide bonds. The number of hydrogen-bond donors (Lipinski definition) is 2. The van der Waals surface area contributed by atoms with Gasteiger partial charge in [-0.05, 0) is 91.3 Å². The van der Waals surface area contributed by atoms with E-state index in [9.17, 15) is 19.5 Å². The molecule has 2 aliphatic rings. The second-order valence-corrected chi connectivity index (χ2v) is 18.1. The summed E-state index contributed by atoms with van der Waals surface area (Å²) in [5.41, 5.74) is 8.03. The van der Waals surface area contributed by atoms with E-state index in [1.165, 1.54) is 44.2 Å². The Morgan fingerprint density at radius 3 is 1.94 bits per heavy atom. The first kappa shape index (κ1) is 49.5. The molecule has 5 rings (SSSR count). The molecule has 2 N–H and O–H groups in total. The highest BCUT2D eigenvalue weighted by molar-refractivity contribution is 6.40. The maximum atomic E-state index is 14.3. The highest BCUT2D eigenvalue weighted by Crippen LogP contribution is 2.43. The molecule has 4 unspecified atom stereocenters. The fourth-order valence-corrected chi connectivity index (χ4v) is 8.84. The molecular formula is C56H74N4O4. The molecule has 0 heterocycles. The number of anilines is 3. The maximum Gasteiger partial charge on any atom is 0.221 e. The minimum atomic E-state index is -0.424. The van der Waals surface area contributed by atoms with Crippen LogP contribution < -0.4 is 20.6 Å². The Morgan fingerprint density at radius 2 is 1.36 bits per heavy atom. The zero-order valence-corrected chi connectivity index (χ0v) is 40.4. The number of Topliss-reactive ketones (excluding diaryl/α,β-unsaturated/α-hetero) is 1. The molecule has 8 heteroatoms. The largest absolute Gasteiger partial charge is 0.871 e. The highest BCUT2D eigenvalue weighted by Gasteiger charge is 2.35. The van der Waals surface area contributed by atoms with E-state index < -0.39 is 11.5 Å². The minimum absolute atomic E-state index is 0.0170. The number of unbranched alkanes of at least 4 members (excludes halogenated alkanes) is 2. The lowest BCUT2D eigenvalue weighted by Crippen LogP contribution is -2.34. The standard InChI is InChI=1S/C56H74N4O4/c1-11-17-19-41(15-5)36-60(46-25-21-43(22-26-46)38(8)14-4)48-30-32-50(52(34-48)58-40(10)62)54-55(63)53(56(54)64)49-31-29-47(33-51(49)57-39(9)61)59(35-37(7)13-3)45-27-23-44(24-28-45)42(16-6)20-18-12-2/h21-34,37-38,41-42H,11-20,35-36H2,1-10H3,(H2,57,58,61,62,63,64). The highest BCUT2D eigenvalue weighted by atomic mass is 16.3. The van der Waals surface area contributed by atoms with Crippen LogP contribution in [0.5, 0.6) is 0 Å². The molecule has 0 saturated carbocycles. The van der Waals surface area contributed by atoms with Crippen LogP contribution in [0.15, 0.2) is 108 Å². The van der Waals surface area contributed by atoms with E-state index in [0.717, 1.165) is 80.8 Å². The van der Waals surface area contributed by atoms with Crippen LogP contribution in [0.4, 0.5) is 22.7 Å². The topological polar surface area (TPSA) is 105 Å². The average molecular weight is 867 g/mol. The van der Waals surface area contributed by atoms with E-state index in [1.807, 2.05) is 24.3 Å². The molecule has 64 heavy (non-hydrogen) atoms. The van der Waals surface area contributed by atoms with Gasteiger partial charge in [-0.2, -0.15) is 4.58 Å². The lowest BCUT2D eigenvalue weighted by Gasteiger charge is -2.35. The van der Waals surface area contributed by atoms with E-state index in [0.29, 0.717) is 46.2 Å². The summed E-state index contributed by atoms with van der Waals surface area (Å²) in [5, 5.41) is 20.2. The van der Waals surface area contributed by atoms with E-state index in [2.05, 4.69) is 124 Å². The van der Waals surface area contributed by atoms with Crippen molar-refractivity contribution in [2.75, 3.05) is 23.3 Å². The first-order valence-corrected chi connectivity index (χ1v) is 24.2. The molecule has 0 saturated heterocycles. The summed E-state index contributed by atoms with van der Waals surface area (Å²) in [7, 11) is 0.